The molecule has 0 atom stereocenters. The molecule has 0 spiro atoms. The van der Waals surface area contributed by atoms with Crippen molar-refractivity contribution in [1.29, 1.82) is 0 Å². The van der Waals surface area contributed by atoms with Crippen LogP contribution in [0.5, 0.6) is 0 Å². The molecule has 0 aromatic heterocycles. The van der Waals surface area contributed by atoms with Crippen LogP contribution in [-0.4, -0.2) is 12.7 Å². The van der Waals surface area contributed by atoms with E-state index in [1.807, 2.05) is 30.3 Å². The molecule has 0 saturated carbocycles. The van der Waals surface area contributed by atoms with E-state index >= 15 is 0 Å². The van der Waals surface area contributed by atoms with Gasteiger partial charge in [-0.15, -0.1) is 0 Å². The van der Waals surface area contributed by atoms with E-state index in [1.54, 1.807) is 24.3 Å². The van der Waals surface area contributed by atoms with Crippen molar-refractivity contribution in [2.45, 2.75) is 6.42 Å². The van der Waals surface area contributed by atoms with E-state index in [2.05, 4.69) is 6.92 Å². The summed E-state index contributed by atoms with van der Waals surface area (Å²) >= 11 is 5.88. The number of hydrogen-bond donors (Lipinski definition) is 0. The number of carbonyl (C=O) groups is 1. The highest BCUT2D eigenvalue weighted by molar-refractivity contribution is 6.30. The molecule has 2 rings (SSSR count). The number of carbonyl (C=O) groups excluding carboxylic acids is 1. The monoisotopic (exact) mass is 288 g/mol. The van der Waals surface area contributed by atoms with Gasteiger partial charge < -0.3 is 4.74 Å². The number of rotatable bonds is 4. The first kappa shape index (κ1) is 14.4. The van der Waals surface area contributed by atoms with Gasteiger partial charge in [0.25, 0.3) is 0 Å². The molecule has 0 heterocycles. The molecule has 0 aliphatic heterocycles. The van der Waals surface area contributed by atoms with Gasteiger partial charge in [-0.25, -0.2) is 9.69 Å². The third-order valence-electron chi connectivity index (χ3n) is 2.65. The Morgan fingerprint density at radius 2 is 1.65 bits per heavy atom. The van der Waals surface area contributed by atoms with Crippen molar-refractivity contribution in [1.82, 2.24) is 0 Å². The number of ether oxygens (including phenoxy) is 1. The van der Waals surface area contributed by atoms with Gasteiger partial charge in [0, 0.05) is 5.02 Å². The van der Waals surface area contributed by atoms with Gasteiger partial charge in [0.1, 0.15) is 0 Å². The average Bonchev–Trinajstić information content (AvgIpc) is 2.48. The summed E-state index contributed by atoms with van der Waals surface area (Å²) in [6, 6.07) is 16.4. The van der Waals surface area contributed by atoms with Crippen LogP contribution >= 0.6 is 11.6 Å². The molecule has 2 aromatic rings. The first-order valence-electron chi connectivity index (χ1n) is 6.29. The molecule has 0 unspecified atom stereocenters. The zero-order chi connectivity index (χ0) is 14.4. The van der Waals surface area contributed by atoms with E-state index in [4.69, 9.17) is 16.3 Å². The summed E-state index contributed by atoms with van der Waals surface area (Å²) in [6.45, 7) is 3.95. The number of nitrogens with zero attached hydrogens (tertiary/aromatic N) is 1. The molecule has 0 saturated heterocycles. The fourth-order valence-corrected chi connectivity index (χ4v) is 1.88. The lowest BCUT2D eigenvalue weighted by atomic mass is 10.2. The number of halogens is 1. The Morgan fingerprint density at radius 1 is 1.05 bits per heavy atom. The topological polar surface area (TPSA) is 29.5 Å². The van der Waals surface area contributed by atoms with Gasteiger partial charge >= 0.3 is 6.09 Å². The molecular weight excluding hydrogens is 274 g/mol. The Balaban J connectivity index is 2.34. The van der Waals surface area contributed by atoms with Crippen LogP contribution in [0.15, 0.2) is 54.6 Å². The lowest BCUT2D eigenvalue weighted by Crippen LogP contribution is -2.26. The smallest absolute Gasteiger partial charge is 0.418 e. The van der Waals surface area contributed by atoms with Gasteiger partial charge in [0.2, 0.25) is 0 Å². The third-order valence-corrected chi connectivity index (χ3v) is 2.90. The van der Waals surface area contributed by atoms with Crippen LogP contribution in [0, 0.1) is 6.92 Å². The molecule has 20 heavy (non-hydrogen) atoms. The van der Waals surface area contributed by atoms with Crippen LogP contribution in [0.4, 0.5) is 16.2 Å². The number of hydrogen-bond acceptors (Lipinski definition) is 2. The molecular formula is C16H15ClNO2. The summed E-state index contributed by atoms with van der Waals surface area (Å²) in [5.74, 6) is 0. The minimum Gasteiger partial charge on any atom is -0.449 e. The molecule has 0 bridgehead atoms. The highest BCUT2D eigenvalue weighted by atomic mass is 35.5. The number of anilines is 2. The fraction of sp³-hybridized carbons (Fsp3) is 0.125. The maximum absolute atomic E-state index is 12.2. The second-order valence-electron chi connectivity index (χ2n) is 4.12. The van der Waals surface area contributed by atoms with Crippen LogP contribution < -0.4 is 4.90 Å². The summed E-state index contributed by atoms with van der Waals surface area (Å²) in [5, 5.41) is 0.618. The van der Waals surface area contributed by atoms with E-state index in [-0.39, 0.29) is 6.61 Å². The van der Waals surface area contributed by atoms with Crippen LogP contribution in [0.1, 0.15) is 6.42 Å². The Hall–Kier alpha value is -2.00. The maximum Gasteiger partial charge on any atom is 0.418 e. The summed E-state index contributed by atoms with van der Waals surface area (Å²) in [4.78, 5) is 13.7. The maximum atomic E-state index is 12.2. The first-order valence-corrected chi connectivity index (χ1v) is 6.67. The molecule has 0 aliphatic carbocycles. The largest absolute Gasteiger partial charge is 0.449 e. The first-order chi connectivity index (χ1) is 9.72. The molecule has 103 valence electrons. The second-order valence-corrected chi connectivity index (χ2v) is 4.55. The third kappa shape index (κ3) is 3.52. The molecule has 2 aromatic carbocycles. The van der Waals surface area contributed by atoms with Crippen molar-refractivity contribution in [3.05, 3.63) is 66.5 Å². The summed E-state index contributed by atoms with van der Waals surface area (Å²) in [7, 11) is 0. The number of para-hydroxylation sites is 1. The summed E-state index contributed by atoms with van der Waals surface area (Å²) in [6.07, 6.45) is 0.108. The Morgan fingerprint density at radius 3 is 2.25 bits per heavy atom. The zero-order valence-electron chi connectivity index (χ0n) is 11.0. The number of amides is 1. The lowest BCUT2D eigenvalue weighted by Gasteiger charge is -2.22. The van der Waals surface area contributed by atoms with Crippen LogP contribution in [0.2, 0.25) is 5.02 Å². The van der Waals surface area contributed by atoms with Crippen molar-refractivity contribution >= 4 is 29.1 Å². The minimum atomic E-state index is -0.429. The minimum absolute atomic E-state index is 0.287. The molecule has 0 fully saturated rings. The van der Waals surface area contributed by atoms with Gasteiger partial charge in [-0.3, -0.25) is 0 Å². The quantitative estimate of drug-likeness (QED) is 0.806. The normalized spacial score (nSPS) is 10.1. The van der Waals surface area contributed by atoms with Crippen molar-refractivity contribution in [3.63, 3.8) is 0 Å². The summed E-state index contributed by atoms with van der Waals surface area (Å²) in [5.41, 5.74) is 1.44. The van der Waals surface area contributed by atoms with Gasteiger partial charge in [0.05, 0.1) is 18.0 Å². The van der Waals surface area contributed by atoms with E-state index in [9.17, 15) is 4.79 Å². The predicted molar refractivity (Wildman–Crippen MR) is 81.4 cm³/mol. The van der Waals surface area contributed by atoms with Crippen molar-refractivity contribution < 1.29 is 9.53 Å². The molecule has 4 heteroatoms. The summed E-state index contributed by atoms with van der Waals surface area (Å²) < 4.78 is 5.18. The van der Waals surface area contributed by atoms with Crippen molar-refractivity contribution in [2.75, 3.05) is 11.5 Å². The standard InChI is InChI=1S/C16H15ClNO2/c1-2-12-20-16(19)18(14-6-4-3-5-7-14)15-10-8-13(17)9-11-15/h3-11H,1-2,12H2. The zero-order valence-corrected chi connectivity index (χ0v) is 11.7. The van der Waals surface area contributed by atoms with E-state index in [0.29, 0.717) is 17.1 Å². The average molecular weight is 289 g/mol. The van der Waals surface area contributed by atoms with Gasteiger partial charge in [0.15, 0.2) is 0 Å². The number of benzene rings is 2. The Kier molecular flexibility index (Phi) is 5.02. The van der Waals surface area contributed by atoms with E-state index < -0.39 is 6.09 Å². The van der Waals surface area contributed by atoms with Crippen LogP contribution in [0.25, 0.3) is 0 Å². The van der Waals surface area contributed by atoms with Gasteiger partial charge in [-0.1, -0.05) is 29.8 Å². The molecule has 1 radical (unpaired) electrons. The molecule has 0 aliphatic rings. The van der Waals surface area contributed by atoms with E-state index in [1.165, 1.54) is 4.90 Å². The second kappa shape index (κ2) is 6.96. The van der Waals surface area contributed by atoms with E-state index in [0.717, 1.165) is 5.69 Å². The SMILES string of the molecule is [CH2]CCOC(=O)N(c1ccccc1)c1ccc(Cl)cc1. The lowest BCUT2D eigenvalue weighted by molar-refractivity contribution is 0.158. The highest BCUT2D eigenvalue weighted by Gasteiger charge is 2.18. The Bertz CT molecular complexity index is 554. The molecule has 0 N–H and O–H groups in total. The van der Waals surface area contributed by atoms with Crippen LogP contribution in [0.3, 0.4) is 0 Å². The molecule has 1 amide bonds. The predicted octanol–water partition coefficient (Wildman–Crippen LogP) is 4.84. The highest BCUT2D eigenvalue weighted by Crippen LogP contribution is 2.27. The van der Waals surface area contributed by atoms with Gasteiger partial charge in [-0.2, -0.15) is 0 Å². The molecule has 3 nitrogen and oxygen atoms in total. The van der Waals surface area contributed by atoms with Crippen molar-refractivity contribution in [3.8, 4) is 0 Å². The van der Waals surface area contributed by atoms with Crippen LogP contribution in [-0.2, 0) is 4.74 Å². The van der Waals surface area contributed by atoms with Crippen molar-refractivity contribution in [2.24, 2.45) is 0 Å². The Labute approximate surface area is 123 Å². The van der Waals surface area contributed by atoms with Gasteiger partial charge in [-0.05, 0) is 49.7 Å². The fourth-order valence-electron chi connectivity index (χ4n) is 1.75.